The van der Waals surface area contributed by atoms with Crippen molar-refractivity contribution in [2.24, 2.45) is 5.10 Å². The van der Waals surface area contributed by atoms with Crippen LogP contribution in [0.5, 0.6) is 0 Å². The van der Waals surface area contributed by atoms with E-state index >= 15 is 0 Å². The zero-order valence-electron chi connectivity index (χ0n) is 17.2. The van der Waals surface area contributed by atoms with Crippen molar-refractivity contribution >= 4 is 33.0 Å². The third-order valence-corrected chi connectivity index (χ3v) is 5.78. The molecule has 2 aromatic carbocycles. The molecule has 0 N–H and O–H groups in total. The second-order valence-corrected chi connectivity index (χ2v) is 8.36. The molecule has 2 heterocycles. The molecule has 0 aliphatic heterocycles. The smallest absolute Gasteiger partial charge is 0.282 e. The van der Waals surface area contributed by atoms with Gasteiger partial charge in [0.2, 0.25) is 0 Å². The van der Waals surface area contributed by atoms with Gasteiger partial charge in [-0.3, -0.25) is 4.79 Å². The first-order valence-corrected chi connectivity index (χ1v) is 10.8. The SMILES string of the molecule is CC[C@H](C)c1nc2ccc(Br)cc2c(=O)n1N=Cc1cccn1-c1ccc(C)cc1. The Morgan fingerprint density at radius 3 is 2.67 bits per heavy atom. The molecule has 1 atom stereocenters. The van der Waals surface area contributed by atoms with Crippen LogP contribution < -0.4 is 5.56 Å². The number of nitrogens with zero attached hydrogens (tertiary/aromatic N) is 4. The molecule has 0 fully saturated rings. The summed E-state index contributed by atoms with van der Waals surface area (Å²) in [5, 5.41) is 5.13. The maximum atomic E-state index is 13.3. The van der Waals surface area contributed by atoms with Crippen LogP contribution in [0.1, 0.15) is 43.3 Å². The minimum absolute atomic E-state index is 0.104. The Labute approximate surface area is 183 Å². The fourth-order valence-electron chi connectivity index (χ4n) is 3.34. The number of aryl methyl sites for hydroxylation is 1. The van der Waals surface area contributed by atoms with Crippen LogP contribution >= 0.6 is 15.9 Å². The number of aromatic nitrogens is 3. The Morgan fingerprint density at radius 1 is 1.17 bits per heavy atom. The van der Waals surface area contributed by atoms with E-state index in [-0.39, 0.29) is 11.5 Å². The van der Waals surface area contributed by atoms with E-state index in [1.54, 1.807) is 12.3 Å². The summed E-state index contributed by atoms with van der Waals surface area (Å²) in [5.41, 5.74) is 3.66. The van der Waals surface area contributed by atoms with Crippen LogP contribution in [0.4, 0.5) is 0 Å². The van der Waals surface area contributed by atoms with Crippen molar-refractivity contribution in [3.63, 3.8) is 0 Å². The summed E-state index contributed by atoms with van der Waals surface area (Å²) in [6.45, 7) is 6.21. The summed E-state index contributed by atoms with van der Waals surface area (Å²) in [5.74, 6) is 0.772. The van der Waals surface area contributed by atoms with E-state index < -0.39 is 0 Å². The van der Waals surface area contributed by atoms with Crippen LogP contribution in [0.25, 0.3) is 16.6 Å². The van der Waals surface area contributed by atoms with Gasteiger partial charge in [-0.25, -0.2) is 4.98 Å². The molecule has 0 aliphatic carbocycles. The molecular formula is C24H23BrN4O. The fraction of sp³-hybridized carbons (Fsp3) is 0.208. The molecule has 0 unspecified atom stereocenters. The first-order valence-electron chi connectivity index (χ1n) is 9.99. The van der Waals surface area contributed by atoms with Crippen LogP contribution in [-0.2, 0) is 0 Å². The lowest BCUT2D eigenvalue weighted by molar-refractivity contribution is 0.613. The molecule has 0 aliphatic rings. The first kappa shape index (κ1) is 20.3. The van der Waals surface area contributed by atoms with E-state index in [1.807, 2.05) is 35.0 Å². The summed E-state index contributed by atoms with van der Waals surface area (Å²) in [7, 11) is 0. The van der Waals surface area contributed by atoms with Gasteiger partial charge in [-0.05, 0) is 55.8 Å². The number of halogens is 1. The summed E-state index contributed by atoms with van der Waals surface area (Å²) in [4.78, 5) is 18.0. The van der Waals surface area contributed by atoms with Crippen LogP contribution in [-0.4, -0.2) is 20.4 Å². The highest BCUT2D eigenvalue weighted by molar-refractivity contribution is 9.10. The van der Waals surface area contributed by atoms with E-state index in [2.05, 4.69) is 66.1 Å². The monoisotopic (exact) mass is 462 g/mol. The standard InChI is InChI=1S/C24H23BrN4O/c1-4-17(3)23-27-22-12-9-18(25)14-21(22)24(30)29(23)26-15-20-6-5-13-28(20)19-10-7-16(2)8-11-19/h5-15,17H,4H2,1-3H3/t17-/m0/s1. The van der Waals surface area contributed by atoms with E-state index in [1.165, 1.54) is 10.2 Å². The minimum Gasteiger partial charge on any atom is -0.316 e. The van der Waals surface area contributed by atoms with Crippen LogP contribution in [0.2, 0.25) is 0 Å². The van der Waals surface area contributed by atoms with Crippen molar-refractivity contribution in [1.82, 2.24) is 14.2 Å². The molecule has 0 radical (unpaired) electrons. The van der Waals surface area contributed by atoms with Gasteiger partial charge >= 0.3 is 0 Å². The van der Waals surface area contributed by atoms with Gasteiger partial charge in [0.1, 0.15) is 5.82 Å². The normalized spacial score (nSPS) is 12.7. The van der Waals surface area contributed by atoms with E-state index in [0.717, 1.165) is 22.3 Å². The van der Waals surface area contributed by atoms with E-state index in [9.17, 15) is 4.79 Å². The average molecular weight is 463 g/mol. The molecule has 152 valence electrons. The lowest BCUT2D eigenvalue weighted by atomic mass is 10.1. The minimum atomic E-state index is -0.165. The molecule has 4 aromatic rings. The van der Waals surface area contributed by atoms with Gasteiger partial charge < -0.3 is 4.57 Å². The van der Waals surface area contributed by atoms with Gasteiger partial charge in [0, 0.05) is 22.3 Å². The van der Waals surface area contributed by atoms with Gasteiger partial charge in [-0.1, -0.05) is 47.5 Å². The summed E-state index contributed by atoms with van der Waals surface area (Å²) < 4.78 is 4.33. The Hall–Kier alpha value is -2.99. The number of rotatable bonds is 5. The predicted molar refractivity (Wildman–Crippen MR) is 126 cm³/mol. The van der Waals surface area contributed by atoms with Gasteiger partial charge in [-0.2, -0.15) is 9.78 Å². The predicted octanol–water partition coefficient (Wildman–Crippen LogP) is 5.65. The summed E-state index contributed by atoms with van der Waals surface area (Å²) in [6.07, 6.45) is 4.57. The average Bonchev–Trinajstić information content (AvgIpc) is 3.22. The largest absolute Gasteiger partial charge is 0.316 e. The Kier molecular flexibility index (Phi) is 5.68. The zero-order valence-corrected chi connectivity index (χ0v) is 18.8. The topological polar surface area (TPSA) is 52.2 Å². The fourth-order valence-corrected chi connectivity index (χ4v) is 3.70. The van der Waals surface area contributed by atoms with E-state index in [4.69, 9.17) is 4.98 Å². The van der Waals surface area contributed by atoms with Gasteiger partial charge in [-0.15, -0.1) is 0 Å². The molecule has 30 heavy (non-hydrogen) atoms. The van der Waals surface area contributed by atoms with Gasteiger partial charge in [0.05, 0.1) is 22.8 Å². The molecule has 0 spiro atoms. The summed E-state index contributed by atoms with van der Waals surface area (Å²) in [6, 6.07) is 17.8. The first-order chi connectivity index (χ1) is 14.5. The van der Waals surface area contributed by atoms with Crippen molar-refractivity contribution in [2.45, 2.75) is 33.1 Å². The second kappa shape index (κ2) is 8.40. The second-order valence-electron chi connectivity index (χ2n) is 7.44. The van der Waals surface area contributed by atoms with Crippen molar-refractivity contribution in [3.05, 3.63) is 92.7 Å². The lowest BCUT2D eigenvalue weighted by Crippen LogP contribution is -2.23. The van der Waals surface area contributed by atoms with Crippen LogP contribution in [0.3, 0.4) is 0 Å². The van der Waals surface area contributed by atoms with E-state index in [0.29, 0.717) is 16.7 Å². The quantitative estimate of drug-likeness (QED) is 0.359. The number of hydrogen-bond donors (Lipinski definition) is 0. The molecule has 6 heteroatoms. The van der Waals surface area contributed by atoms with Gasteiger partial charge in [0.15, 0.2) is 0 Å². The third-order valence-electron chi connectivity index (χ3n) is 5.28. The van der Waals surface area contributed by atoms with Crippen molar-refractivity contribution in [3.8, 4) is 5.69 Å². The van der Waals surface area contributed by atoms with Crippen molar-refractivity contribution in [2.75, 3.05) is 0 Å². The molecule has 5 nitrogen and oxygen atoms in total. The molecule has 0 bridgehead atoms. The zero-order chi connectivity index (χ0) is 21.3. The lowest BCUT2D eigenvalue weighted by Gasteiger charge is -2.14. The number of hydrogen-bond acceptors (Lipinski definition) is 3. The highest BCUT2D eigenvalue weighted by atomic mass is 79.9. The highest BCUT2D eigenvalue weighted by Crippen LogP contribution is 2.21. The summed E-state index contributed by atoms with van der Waals surface area (Å²) >= 11 is 3.45. The van der Waals surface area contributed by atoms with Crippen LogP contribution in [0.15, 0.2) is 75.2 Å². The van der Waals surface area contributed by atoms with Crippen molar-refractivity contribution in [1.29, 1.82) is 0 Å². The van der Waals surface area contributed by atoms with Crippen molar-refractivity contribution < 1.29 is 0 Å². The third kappa shape index (κ3) is 3.87. The molecule has 2 aromatic heterocycles. The maximum absolute atomic E-state index is 13.3. The highest BCUT2D eigenvalue weighted by Gasteiger charge is 2.15. The Bertz CT molecular complexity index is 1290. The Balaban J connectivity index is 1.83. The number of benzene rings is 2. The molecule has 0 saturated carbocycles. The molecular weight excluding hydrogens is 440 g/mol. The Morgan fingerprint density at radius 2 is 1.93 bits per heavy atom. The molecule has 0 amide bonds. The van der Waals surface area contributed by atoms with Crippen LogP contribution in [0, 0.1) is 6.92 Å². The molecule has 0 saturated heterocycles. The molecule has 4 rings (SSSR count). The maximum Gasteiger partial charge on any atom is 0.282 e. The number of fused-ring (bicyclic) bond motifs is 1. The van der Waals surface area contributed by atoms with Gasteiger partial charge in [0.25, 0.3) is 5.56 Å².